The lowest BCUT2D eigenvalue weighted by atomic mass is 9.87. The Balaban J connectivity index is 2.74. The molecular weight excluding hydrogens is 246 g/mol. The molecule has 0 amide bonds. The van der Waals surface area contributed by atoms with Gasteiger partial charge in [-0.05, 0) is 37.1 Å². The highest BCUT2D eigenvalue weighted by molar-refractivity contribution is 5.21. The number of hydrogen-bond donors (Lipinski definition) is 1. The fourth-order valence-electron chi connectivity index (χ4n) is 1.98. The highest BCUT2D eigenvalue weighted by Gasteiger charge is 2.25. The Morgan fingerprint density at radius 1 is 1.21 bits per heavy atom. The zero-order valence-corrected chi connectivity index (χ0v) is 12.4. The van der Waals surface area contributed by atoms with E-state index in [1.54, 1.807) is 6.07 Å². The van der Waals surface area contributed by atoms with Crippen LogP contribution in [0.5, 0.6) is 0 Å². The van der Waals surface area contributed by atoms with Crippen molar-refractivity contribution in [2.75, 3.05) is 13.6 Å². The Kier molecular flexibility index (Phi) is 5.04. The minimum Gasteiger partial charge on any atom is -0.323 e. The monoisotopic (exact) mass is 270 g/mol. The molecule has 0 aliphatic heterocycles. The lowest BCUT2D eigenvalue weighted by Crippen LogP contribution is -2.42. The number of nitrogens with two attached hydrogens (primary N) is 1. The quantitative estimate of drug-likeness (QED) is 0.909. The van der Waals surface area contributed by atoms with Crippen LogP contribution in [0.1, 0.15) is 39.3 Å². The maximum atomic E-state index is 13.2. The van der Waals surface area contributed by atoms with E-state index in [2.05, 4.69) is 32.6 Å². The van der Waals surface area contributed by atoms with Gasteiger partial charge in [0, 0.05) is 18.6 Å². The van der Waals surface area contributed by atoms with Gasteiger partial charge in [-0.15, -0.1) is 0 Å². The molecular formula is C15H24F2N2. The normalized spacial score (nSPS) is 15.6. The van der Waals surface area contributed by atoms with E-state index >= 15 is 0 Å². The Hall–Kier alpha value is -1.00. The van der Waals surface area contributed by atoms with E-state index in [9.17, 15) is 8.78 Å². The average molecular weight is 270 g/mol. The second-order valence-electron chi connectivity index (χ2n) is 6.26. The molecule has 0 aliphatic rings. The first kappa shape index (κ1) is 16.1. The molecule has 2 nitrogen and oxygen atoms in total. The van der Waals surface area contributed by atoms with Crippen molar-refractivity contribution >= 4 is 0 Å². The molecule has 0 aromatic heterocycles. The highest BCUT2D eigenvalue weighted by atomic mass is 19.2. The third-order valence-electron chi connectivity index (χ3n) is 3.77. The van der Waals surface area contributed by atoms with Gasteiger partial charge in [0.15, 0.2) is 11.6 Å². The number of likely N-dealkylation sites (N-methyl/N-ethyl adjacent to an activating group) is 1. The Bertz CT molecular complexity index is 427. The summed E-state index contributed by atoms with van der Waals surface area (Å²) in [6.07, 6.45) is 0. The van der Waals surface area contributed by atoms with Gasteiger partial charge in [-0.1, -0.05) is 26.8 Å². The van der Waals surface area contributed by atoms with Crippen LogP contribution < -0.4 is 5.73 Å². The van der Waals surface area contributed by atoms with Crippen molar-refractivity contribution in [3.8, 4) is 0 Å². The molecule has 0 spiro atoms. The van der Waals surface area contributed by atoms with Crippen LogP contribution in [0.3, 0.4) is 0 Å². The molecule has 0 radical (unpaired) electrons. The van der Waals surface area contributed by atoms with E-state index in [1.807, 2.05) is 7.05 Å². The van der Waals surface area contributed by atoms with Gasteiger partial charge in [0.2, 0.25) is 0 Å². The van der Waals surface area contributed by atoms with E-state index in [1.165, 1.54) is 6.07 Å². The van der Waals surface area contributed by atoms with Crippen LogP contribution in [0.15, 0.2) is 18.2 Å². The van der Waals surface area contributed by atoms with Crippen molar-refractivity contribution in [1.29, 1.82) is 0 Å². The summed E-state index contributed by atoms with van der Waals surface area (Å²) < 4.78 is 26.1. The zero-order chi connectivity index (χ0) is 14.8. The van der Waals surface area contributed by atoms with Gasteiger partial charge in [-0.25, -0.2) is 8.78 Å². The van der Waals surface area contributed by atoms with E-state index in [-0.39, 0.29) is 11.5 Å². The summed E-state index contributed by atoms with van der Waals surface area (Å²) >= 11 is 0. The Labute approximate surface area is 114 Å². The zero-order valence-electron chi connectivity index (χ0n) is 12.4. The van der Waals surface area contributed by atoms with Crippen LogP contribution >= 0.6 is 0 Å². The van der Waals surface area contributed by atoms with Gasteiger partial charge in [-0.2, -0.15) is 0 Å². The molecule has 1 aromatic carbocycles. The molecule has 0 saturated heterocycles. The van der Waals surface area contributed by atoms with E-state index < -0.39 is 11.6 Å². The van der Waals surface area contributed by atoms with Crippen molar-refractivity contribution < 1.29 is 8.78 Å². The van der Waals surface area contributed by atoms with Gasteiger partial charge in [0.25, 0.3) is 0 Å². The van der Waals surface area contributed by atoms with Gasteiger partial charge in [-0.3, -0.25) is 0 Å². The maximum Gasteiger partial charge on any atom is 0.159 e. The van der Waals surface area contributed by atoms with Crippen molar-refractivity contribution in [2.24, 2.45) is 11.1 Å². The third kappa shape index (κ3) is 4.25. The van der Waals surface area contributed by atoms with Crippen molar-refractivity contribution in [2.45, 2.75) is 39.8 Å². The Morgan fingerprint density at radius 2 is 1.79 bits per heavy atom. The maximum absolute atomic E-state index is 13.2. The fourth-order valence-corrected chi connectivity index (χ4v) is 1.98. The first-order valence-corrected chi connectivity index (χ1v) is 6.53. The van der Waals surface area contributed by atoms with Gasteiger partial charge < -0.3 is 10.6 Å². The fraction of sp³-hybridized carbons (Fsp3) is 0.600. The summed E-state index contributed by atoms with van der Waals surface area (Å²) in [5, 5.41) is 0. The van der Waals surface area contributed by atoms with Gasteiger partial charge in [0.1, 0.15) is 0 Å². The molecule has 0 aliphatic carbocycles. The molecule has 0 saturated carbocycles. The minimum absolute atomic E-state index is 0.141. The highest BCUT2D eigenvalue weighted by Crippen LogP contribution is 2.24. The number of halogens is 2. The number of rotatable bonds is 4. The van der Waals surface area contributed by atoms with Gasteiger partial charge >= 0.3 is 0 Å². The van der Waals surface area contributed by atoms with Crippen LogP contribution in [-0.2, 0) is 0 Å². The largest absolute Gasteiger partial charge is 0.323 e. The topological polar surface area (TPSA) is 29.3 Å². The van der Waals surface area contributed by atoms with Crippen LogP contribution in [0.4, 0.5) is 8.78 Å². The number of nitrogens with zero attached hydrogens (tertiary/aromatic N) is 1. The second-order valence-corrected chi connectivity index (χ2v) is 6.26. The summed E-state index contributed by atoms with van der Waals surface area (Å²) in [6.45, 7) is 9.23. The summed E-state index contributed by atoms with van der Waals surface area (Å²) in [5.41, 5.74) is 6.82. The molecule has 1 aromatic rings. The number of hydrogen-bond acceptors (Lipinski definition) is 2. The summed E-state index contributed by atoms with van der Waals surface area (Å²) in [5.74, 6) is -1.69. The third-order valence-corrected chi connectivity index (χ3v) is 3.77. The summed E-state index contributed by atoms with van der Waals surface area (Å²) in [4.78, 5) is 2.14. The molecule has 2 atom stereocenters. The summed E-state index contributed by atoms with van der Waals surface area (Å²) in [6, 6.07) is 3.85. The van der Waals surface area contributed by atoms with E-state index in [4.69, 9.17) is 5.73 Å². The molecule has 1 rings (SSSR count). The predicted molar refractivity (Wildman–Crippen MR) is 74.8 cm³/mol. The molecule has 4 heteroatoms. The van der Waals surface area contributed by atoms with Crippen molar-refractivity contribution in [3.05, 3.63) is 35.4 Å². The van der Waals surface area contributed by atoms with E-state index in [0.717, 1.165) is 6.07 Å². The molecule has 2 unspecified atom stereocenters. The first-order chi connectivity index (χ1) is 8.62. The summed E-state index contributed by atoms with van der Waals surface area (Å²) in [7, 11) is 2.00. The van der Waals surface area contributed by atoms with Crippen molar-refractivity contribution in [3.63, 3.8) is 0 Å². The molecule has 2 N–H and O–H groups in total. The second kappa shape index (κ2) is 5.97. The predicted octanol–water partition coefficient (Wildman–Crippen LogP) is 3.33. The lowest BCUT2D eigenvalue weighted by molar-refractivity contribution is 0.134. The van der Waals surface area contributed by atoms with Crippen LogP contribution in [-0.4, -0.2) is 24.5 Å². The lowest BCUT2D eigenvalue weighted by Gasteiger charge is -2.36. The van der Waals surface area contributed by atoms with Crippen molar-refractivity contribution in [1.82, 2.24) is 4.90 Å². The van der Waals surface area contributed by atoms with Gasteiger partial charge in [0.05, 0.1) is 0 Å². The smallest absolute Gasteiger partial charge is 0.159 e. The van der Waals surface area contributed by atoms with Crippen LogP contribution in [0, 0.1) is 17.0 Å². The minimum atomic E-state index is -0.848. The molecule has 0 fully saturated rings. The van der Waals surface area contributed by atoms with E-state index in [0.29, 0.717) is 18.2 Å². The number of benzene rings is 1. The molecule has 0 bridgehead atoms. The molecule has 19 heavy (non-hydrogen) atoms. The molecule has 108 valence electrons. The average Bonchev–Trinajstić information content (AvgIpc) is 2.30. The Morgan fingerprint density at radius 3 is 2.26 bits per heavy atom. The molecule has 0 heterocycles. The first-order valence-electron chi connectivity index (χ1n) is 6.53. The van der Waals surface area contributed by atoms with Crippen LogP contribution in [0.25, 0.3) is 0 Å². The van der Waals surface area contributed by atoms with Crippen LogP contribution in [0.2, 0.25) is 0 Å². The SMILES string of the molecule is CC(N(C)CC(N)c1ccc(F)c(F)c1)C(C)(C)C. The standard InChI is InChI=1S/C15H24F2N2/c1-10(15(2,3)4)19(5)9-14(18)11-6-7-12(16)13(17)8-11/h6-8,10,14H,9,18H2,1-5H3.